The van der Waals surface area contributed by atoms with E-state index in [0.29, 0.717) is 5.92 Å². The molecule has 0 rings (SSSR count). The molecule has 0 aliphatic rings. The Bertz CT molecular complexity index is 126. The van der Waals surface area contributed by atoms with Gasteiger partial charge in [-0.25, -0.2) is 0 Å². The van der Waals surface area contributed by atoms with Crippen molar-refractivity contribution in [1.82, 2.24) is 0 Å². The third kappa shape index (κ3) is 8.72. The lowest BCUT2D eigenvalue weighted by molar-refractivity contribution is 0.121. The van der Waals surface area contributed by atoms with Crippen molar-refractivity contribution < 1.29 is 4.74 Å². The Morgan fingerprint density at radius 2 is 2.14 bits per heavy atom. The second kappa shape index (κ2) is 11.2. The van der Waals surface area contributed by atoms with Crippen LogP contribution in [0.4, 0.5) is 0 Å². The Kier molecular flexibility index (Phi) is 11.3. The summed E-state index contributed by atoms with van der Waals surface area (Å²) < 4.78 is 5.47. The summed E-state index contributed by atoms with van der Waals surface area (Å²) in [6.07, 6.45) is 10.8. The molecule has 0 aromatic heterocycles. The molecule has 0 heterocycles. The van der Waals surface area contributed by atoms with E-state index in [9.17, 15) is 0 Å². The lowest BCUT2D eigenvalue weighted by atomic mass is 10.0. The molecule has 84 valence electrons. The van der Waals surface area contributed by atoms with Gasteiger partial charge in [0.05, 0.1) is 6.61 Å². The van der Waals surface area contributed by atoms with E-state index in [1.54, 1.807) is 0 Å². The van der Waals surface area contributed by atoms with Crippen LogP contribution in [0.5, 0.6) is 0 Å². The molecule has 2 heteroatoms. The molecule has 1 nitrogen and oxygen atoms in total. The summed E-state index contributed by atoms with van der Waals surface area (Å²) in [6.45, 7) is 5.99. The van der Waals surface area contributed by atoms with Crippen molar-refractivity contribution in [3.05, 3.63) is 12.2 Å². The maximum atomic E-state index is 5.47. The third-order valence-corrected chi connectivity index (χ3v) is 2.59. The molecule has 0 aliphatic heterocycles. The number of rotatable bonds is 9. The van der Waals surface area contributed by atoms with E-state index in [4.69, 9.17) is 4.74 Å². The van der Waals surface area contributed by atoms with Crippen molar-refractivity contribution in [1.29, 1.82) is 0 Å². The third-order valence-electron chi connectivity index (χ3n) is 2.18. The lowest BCUT2D eigenvalue weighted by Gasteiger charge is -2.11. The number of ether oxygens (including phenoxy) is 1. The first-order valence-electron chi connectivity index (χ1n) is 5.79. The molecule has 0 saturated carbocycles. The van der Waals surface area contributed by atoms with Gasteiger partial charge in [-0.2, -0.15) is 0 Å². The Morgan fingerprint density at radius 3 is 2.71 bits per heavy atom. The highest BCUT2D eigenvalue weighted by atomic mass is 31.0. The van der Waals surface area contributed by atoms with Crippen LogP contribution >= 0.6 is 9.24 Å². The van der Waals surface area contributed by atoms with Gasteiger partial charge in [0.25, 0.3) is 0 Å². The van der Waals surface area contributed by atoms with E-state index in [0.717, 1.165) is 13.2 Å². The van der Waals surface area contributed by atoms with E-state index >= 15 is 0 Å². The predicted octanol–water partition coefficient (Wildman–Crippen LogP) is 3.65. The molecule has 0 bridgehead atoms. The van der Waals surface area contributed by atoms with Gasteiger partial charge < -0.3 is 4.74 Å². The van der Waals surface area contributed by atoms with Crippen molar-refractivity contribution in [2.75, 3.05) is 19.4 Å². The minimum absolute atomic E-state index is 0.627. The molecule has 0 fully saturated rings. The normalized spacial score (nSPS) is 13.6. The van der Waals surface area contributed by atoms with Crippen molar-refractivity contribution in [3.8, 4) is 0 Å². The molecule has 0 radical (unpaired) electrons. The summed E-state index contributed by atoms with van der Waals surface area (Å²) in [5.41, 5.74) is 0. The van der Waals surface area contributed by atoms with Crippen molar-refractivity contribution in [2.24, 2.45) is 5.92 Å². The molecule has 2 atom stereocenters. The highest BCUT2D eigenvalue weighted by molar-refractivity contribution is 7.16. The molecule has 0 N–H and O–H groups in total. The quantitative estimate of drug-likeness (QED) is 0.422. The van der Waals surface area contributed by atoms with Gasteiger partial charge in [-0.3, -0.25) is 0 Å². The van der Waals surface area contributed by atoms with Crippen LogP contribution in [0.2, 0.25) is 0 Å². The van der Waals surface area contributed by atoms with Gasteiger partial charge in [0.2, 0.25) is 0 Å². The monoisotopic (exact) mass is 216 g/mol. The predicted molar refractivity (Wildman–Crippen MR) is 67.8 cm³/mol. The minimum Gasteiger partial charge on any atom is -0.381 e. The maximum absolute atomic E-state index is 5.47. The van der Waals surface area contributed by atoms with Crippen molar-refractivity contribution in [3.63, 3.8) is 0 Å². The summed E-state index contributed by atoms with van der Waals surface area (Å²) in [4.78, 5) is 0. The van der Waals surface area contributed by atoms with Crippen LogP contribution in [0.1, 0.15) is 39.5 Å². The molecular formula is C12H25OP. The summed E-state index contributed by atoms with van der Waals surface area (Å²) in [5.74, 6) is 0.627. The maximum Gasteiger partial charge on any atom is 0.0528 e. The van der Waals surface area contributed by atoms with Gasteiger partial charge >= 0.3 is 0 Å². The summed E-state index contributed by atoms with van der Waals surface area (Å²) in [5, 5.41) is 0. The van der Waals surface area contributed by atoms with Crippen LogP contribution in [0.25, 0.3) is 0 Å². The average Bonchev–Trinajstić information content (AvgIpc) is 2.21. The average molecular weight is 216 g/mol. The summed E-state index contributed by atoms with van der Waals surface area (Å²) in [6, 6.07) is 0. The molecule has 0 aliphatic carbocycles. The highest BCUT2D eigenvalue weighted by Crippen LogP contribution is 2.11. The van der Waals surface area contributed by atoms with E-state index in [1.807, 2.05) is 0 Å². The van der Waals surface area contributed by atoms with Gasteiger partial charge in [0.15, 0.2) is 0 Å². The molecule has 0 saturated heterocycles. The first kappa shape index (κ1) is 14.1. The fourth-order valence-electron chi connectivity index (χ4n) is 1.34. The van der Waals surface area contributed by atoms with Crippen LogP contribution in [0.15, 0.2) is 12.2 Å². The zero-order valence-corrected chi connectivity index (χ0v) is 10.8. The molecule has 2 unspecified atom stereocenters. The van der Waals surface area contributed by atoms with E-state index in [-0.39, 0.29) is 0 Å². The lowest BCUT2D eigenvalue weighted by Crippen LogP contribution is -2.07. The second-order valence-corrected chi connectivity index (χ2v) is 4.14. The fraction of sp³-hybridized carbons (Fsp3) is 0.833. The topological polar surface area (TPSA) is 9.23 Å². The van der Waals surface area contributed by atoms with Crippen LogP contribution in [0.3, 0.4) is 0 Å². The highest BCUT2D eigenvalue weighted by Gasteiger charge is 2.03. The molecular weight excluding hydrogens is 191 g/mol. The Labute approximate surface area is 91.5 Å². The minimum atomic E-state index is 0.627. The number of hydrogen-bond donors (Lipinski definition) is 0. The number of hydrogen-bond acceptors (Lipinski definition) is 1. The van der Waals surface area contributed by atoms with Gasteiger partial charge in [0.1, 0.15) is 0 Å². The van der Waals surface area contributed by atoms with Crippen LogP contribution < -0.4 is 0 Å². The van der Waals surface area contributed by atoms with Gasteiger partial charge in [-0.15, -0.1) is 9.24 Å². The Morgan fingerprint density at radius 1 is 1.36 bits per heavy atom. The first-order valence-corrected chi connectivity index (χ1v) is 6.61. The largest absolute Gasteiger partial charge is 0.381 e. The van der Waals surface area contributed by atoms with Crippen LogP contribution in [-0.2, 0) is 4.74 Å². The molecule has 0 aromatic carbocycles. The molecule has 0 amide bonds. The SMILES string of the molecule is CCCC=CC(CCCP)COCC. The van der Waals surface area contributed by atoms with E-state index in [2.05, 4.69) is 35.2 Å². The zero-order valence-electron chi connectivity index (χ0n) is 9.67. The van der Waals surface area contributed by atoms with Crippen LogP contribution in [-0.4, -0.2) is 19.4 Å². The summed E-state index contributed by atoms with van der Waals surface area (Å²) in [7, 11) is 2.79. The van der Waals surface area contributed by atoms with Gasteiger partial charge in [-0.1, -0.05) is 25.5 Å². The number of unbranched alkanes of at least 4 members (excludes halogenated alkanes) is 1. The molecule has 0 spiro atoms. The smallest absolute Gasteiger partial charge is 0.0528 e. The second-order valence-electron chi connectivity index (χ2n) is 3.57. The van der Waals surface area contributed by atoms with E-state index in [1.165, 1.54) is 31.8 Å². The van der Waals surface area contributed by atoms with Crippen LogP contribution in [0, 0.1) is 5.92 Å². The van der Waals surface area contributed by atoms with Gasteiger partial charge in [-0.05, 0) is 32.3 Å². The number of allylic oxidation sites excluding steroid dienone is 1. The Hall–Kier alpha value is 0.130. The van der Waals surface area contributed by atoms with Crippen molar-refractivity contribution in [2.45, 2.75) is 39.5 Å². The zero-order chi connectivity index (χ0) is 10.6. The molecule has 0 aromatic rings. The standard InChI is InChI=1S/C12H25OP/c1-3-5-6-8-12(9-7-10-14)11-13-4-2/h6,8,12H,3-5,7,9-11,14H2,1-2H3. The van der Waals surface area contributed by atoms with Crippen molar-refractivity contribution >= 4 is 9.24 Å². The Balaban J connectivity index is 3.71. The summed E-state index contributed by atoms with van der Waals surface area (Å²) >= 11 is 0. The molecule has 14 heavy (non-hydrogen) atoms. The first-order chi connectivity index (χ1) is 6.85. The fourth-order valence-corrected chi connectivity index (χ4v) is 1.58. The van der Waals surface area contributed by atoms with E-state index < -0.39 is 0 Å². The van der Waals surface area contributed by atoms with Gasteiger partial charge in [0, 0.05) is 12.5 Å².